The molecule has 1 aliphatic heterocycles. The highest BCUT2D eigenvalue weighted by molar-refractivity contribution is 6.44. The molecule has 108 valence electrons. The molecule has 0 atom stereocenters. The molecule has 0 aromatic heterocycles. The molecule has 2 aromatic carbocycles. The lowest BCUT2D eigenvalue weighted by Gasteiger charge is -2.04. The Morgan fingerprint density at radius 2 is 1.68 bits per heavy atom. The number of hydrogen-bond acceptors (Lipinski definition) is 2. The van der Waals surface area contributed by atoms with Crippen molar-refractivity contribution in [2.24, 2.45) is 0 Å². The average Bonchev–Trinajstić information content (AvgIpc) is 2.97. The standard InChI is InChI=1S/C17H9Cl2NO2/c18-12-6-10-14(7-13(12)19)20-17(22)15(10)11-5-8-3-1-2-4-9(8)16(11)21/h1-4,6-7H,5H2,(H,20,22)/b15-11+. The van der Waals surface area contributed by atoms with Crippen molar-refractivity contribution in [1.29, 1.82) is 0 Å². The second-order valence-corrected chi connectivity index (χ2v) is 6.10. The van der Waals surface area contributed by atoms with Crippen molar-refractivity contribution in [3.05, 3.63) is 68.7 Å². The number of nitrogens with one attached hydrogen (secondary N) is 1. The van der Waals surface area contributed by atoms with E-state index in [1.54, 1.807) is 18.2 Å². The molecule has 5 heteroatoms. The molecule has 1 amide bonds. The van der Waals surface area contributed by atoms with Crippen molar-refractivity contribution in [3.63, 3.8) is 0 Å². The molecule has 0 bridgehead atoms. The highest BCUT2D eigenvalue weighted by Crippen LogP contribution is 2.41. The van der Waals surface area contributed by atoms with E-state index in [-0.39, 0.29) is 11.7 Å². The lowest BCUT2D eigenvalue weighted by molar-refractivity contribution is -0.110. The first-order chi connectivity index (χ1) is 10.6. The Labute approximate surface area is 136 Å². The number of carbonyl (C=O) groups is 2. The molecule has 2 aromatic rings. The number of rotatable bonds is 0. The van der Waals surface area contributed by atoms with Gasteiger partial charge in [-0.3, -0.25) is 9.59 Å². The topological polar surface area (TPSA) is 46.2 Å². The summed E-state index contributed by atoms with van der Waals surface area (Å²) in [7, 11) is 0. The number of hydrogen-bond donors (Lipinski definition) is 1. The largest absolute Gasteiger partial charge is 0.321 e. The number of amides is 1. The van der Waals surface area contributed by atoms with Crippen molar-refractivity contribution in [2.75, 3.05) is 5.32 Å². The molecule has 4 rings (SSSR count). The van der Waals surface area contributed by atoms with Crippen LogP contribution in [-0.2, 0) is 11.2 Å². The third-order valence-electron chi connectivity index (χ3n) is 4.01. The zero-order chi connectivity index (χ0) is 15.4. The molecule has 1 heterocycles. The van der Waals surface area contributed by atoms with Crippen LogP contribution in [0.2, 0.25) is 10.0 Å². The second kappa shape index (κ2) is 4.70. The number of ketones is 1. The van der Waals surface area contributed by atoms with Gasteiger partial charge in [0.1, 0.15) is 0 Å². The molecule has 1 N–H and O–H groups in total. The molecular formula is C17H9Cl2NO2. The number of Topliss-reactive ketones (excluding diaryl/α,β-unsaturated/α-hetero) is 1. The molecule has 22 heavy (non-hydrogen) atoms. The molecule has 1 aliphatic carbocycles. The minimum atomic E-state index is -0.288. The van der Waals surface area contributed by atoms with Gasteiger partial charge in [0.25, 0.3) is 5.91 Å². The van der Waals surface area contributed by atoms with Crippen LogP contribution in [0.1, 0.15) is 21.5 Å². The van der Waals surface area contributed by atoms with Crippen LogP contribution in [-0.4, -0.2) is 11.7 Å². The van der Waals surface area contributed by atoms with E-state index in [4.69, 9.17) is 23.2 Å². The van der Waals surface area contributed by atoms with Gasteiger partial charge in [0.15, 0.2) is 5.78 Å². The van der Waals surface area contributed by atoms with Gasteiger partial charge in [-0.2, -0.15) is 0 Å². The van der Waals surface area contributed by atoms with Crippen LogP contribution in [0.3, 0.4) is 0 Å². The zero-order valence-electron chi connectivity index (χ0n) is 11.2. The molecule has 0 radical (unpaired) electrons. The van der Waals surface area contributed by atoms with Crippen molar-refractivity contribution in [2.45, 2.75) is 6.42 Å². The molecule has 2 aliphatic rings. The number of benzene rings is 2. The minimum Gasteiger partial charge on any atom is -0.321 e. The lowest BCUT2D eigenvalue weighted by Crippen LogP contribution is -2.09. The maximum Gasteiger partial charge on any atom is 0.256 e. The summed E-state index contributed by atoms with van der Waals surface area (Å²) in [5.74, 6) is -0.385. The number of halogens is 2. The Morgan fingerprint density at radius 3 is 2.45 bits per heavy atom. The van der Waals surface area contributed by atoms with Gasteiger partial charge in [0, 0.05) is 23.1 Å². The summed E-state index contributed by atoms with van der Waals surface area (Å²) >= 11 is 12.0. The van der Waals surface area contributed by atoms with Gasteiger partial charge in [-0.15, -0.1) is 0 Å². The Hall–Kier alpha value is -2.10. The number of allylic oxidation sites excluding steroid dienone is 1. The zero-order valence-corrected chi connectivity index (χ0v) is 12.8. The Morgan fingerprint density at radius 1 is 0.955 bits per heavy atom. The van der Waals surface area contributed by atoms with Crippen molar-refractivity contribution in [3.8, 4) is 0 Å². The van der Waals surface area contributed by atoms with Gasteiger partial charge < -0.3 is 5.32 Å². The molecule has 0 saturated carbocycles. The van der Waals surface area contributed by atoms with E-state index in [2.05, 4.69) is 5.32 Å². The summed E-state index contributed by atoms with van der Waals surface area (Å²) in [4.78, 5) is 24.9. The fourth-order valence-corrected chi connectivity index (χ4v) is 3.32. The highest BCUT2D eigenvalue weighted by Gasteiger charge is 2.34. The third kappa shape index (κ3) is 1.83. The van der Waals surface area contributed by atoms with Crippen molar-refractivity contribution in [1.82, 2.24) is 0 Å². The van der Waals surface area contributed by atoms with Crippen molar-refractivity contribution < 1.29 is 9.59 Å². The smallest absolute Gasteiger partial charge is 0.256 e. The quantitative estimate of drug-likeness (QED) is 0.738. The first kappa shape index (κ1) is 13.6. The Kier molecular flexibility index (Phi) is 2.90. The summed E-state index contributed by atoms with van der Waals surface area (Å²) in [6.45, 7) is 0. The highest BCUT2D eigenvalue weighted by atomic mass is 35.5. The number of carbonyl (C=O) groups excluding carboxylic acids is 2. The summed E-state index contributed by atoms with van der Waals surface area (Å²) in [6, 6.07) is 10.6. The third-order valence-corrected chi connectivity index (χ3v) is 4.73. The Bertz CT molecular complexity index is 900. The predicted molar refractivity (Wildman–Crippen MR) is 86.5 cm³/mol. The van der Waals surface area contributed by atoms with E-state index in [0.717, 1.165) is 5.56 Å². The van der Waals surface area contributed by atoms with E-state index in [1.165, 1.54) is 0 Å². The van der Waals surface area contributed by atoms with E-state index in [0.29, 0.717) is 44.4 Å². The Balaban J connectivity index is 1.94. The number of fused-ring (bicyclic) bond motifs is 2. The fraction of sp³-hybridized carbons (Fsp3) is 0.0588. The molecule has 0 unspecified atom stereocenters. The summed E-state index contributed by atoms with van der Waals surface area (Å²) in [5, 5.41) is 3.48. The minimum absolute atomic E-state index is 0.0975. The normalized spacial score (nSPS) is 19.2. The molecule has 3 nitrogen and oxygen atoms in total. The summed E-state index contributed by atoms with van der Waals surface area (Å²) in [5.41, 5.74) is 3.73. The second-order valence-electron chi connectivity index (χ2n) is 5.28. The van der Waals surface area contributed by atoms with Crippen LogP contribution in [0.5, 0.6) is 0 Å². The fourth-order valence-electron chi connectivity index (χ4n) is 3.00. The molecular weight excluding hydrogens is 321 g/mol. The van der Waals surface area contributed by atoms with Gasteiger partial charge >= 0.3 is 0 Å². The van der Waals surface area contributed by atoms with Crippen LogP contribution in [0, 0.1) is 0 Å². The summed E-state index contributed by atoms with van der Waals surface area (Å²) < 4.78 is 0. The average molecular weight is 330 g/mol. The SMILES string of the molecule is O=C1Nc2cc(Cl)c(Cl)cc2/C1=C1/Cc2ccccc2C1=O. The molecule has 0 saturated heterocycles. The molecule has 0 fully saturated rings. The first-order valence-corrected chi connectivity index (χ1v) is 7.48. The predicted octanol–water partition coefficient (Wildman–Crippen LogP) is 4.14. The molecule has 0 spiro atoms. The van der Waals surface area contributed by atoms with E-state index >= 15 is 0 Å². The van der Waals surface area contributed by atoms with Gasteiger partial charge in [0.2, 0.25) is 0 Å². The van der Waals surface area contributed by atoms with Gasteiger partial charge in [-0.1, -0.05) is 47.5 Å². The van der Waals surface area contributed by atoms with E-state index in [1.807, 2.05) is 18.2 Å². The number of anilines is 1. The van der Waals surface area contributed by atoms with E-state index in [9.17, 15) is 9.59 Å². The van der Waals surface area contributed by atoms with Gasteiger partial charge in [-0.25, -0.2) is 0 Å². The van der Waals surface area contributed by atoms with Crippen molar-refractivity contribution >= 4 is 46.2 Å². The van der Waals surface area contributed by atoms with Crippen LogP contribution < -0.4 is 5.32 Å². The van der Waals surface area contributed by atoms with Gasteiger partial charge in [-0.05, 0) is 17.7 Å². The summed E-state index contributed by atoms with van der Waals surface area (Å²) in [6.07, 6.45) is 0.456. The monoisotopic (exact) mass is 329 g/mol. The van der Waals surface area contributed by atoms with Crippen LogP contribution in [0.15, 0.2) is 42.0 Å². The maximum absolute atomic E-state index is 12.6. The first-order valence-electron chi connectivity index (χ1n) is 6.73. The maximum atomic E-state index is 12.6. The van der Waals surface area contributed by atoms with Crippen LogP contribution >= 0.6 is 23.2 Å². The van der Waals surface area contributed by atoms with Crippen LogP contribution in [0.4, 0.5) is 5.69 Å². The van der Waals surface area contributed by atoms with Crippen LogP contribution in [0.25, 0.3) is 5.57 Å². The lowest BCUT2D eigenvalue weighted by atomic mass is 9.98. The van der Waals surface area contributed by atoms with E-state index < -0.39 is 0 Å². The van der Waals surface area contributed by atoms with Gasteiger partial charge in [0.05, 0.1) is 21.3 Å².